The first kappa shape index (κ1) is 77.9. The van der Waals surface area contributed by atoms with Crippen molar-refractivity contribution in [2.75, 3.05) is 46.2 Å². The van der Waals surface area contributed by atoms with Crippen molar-refractivity contribution >= 4 is 34.0 Å². The lowest BCUT2D eigenvalue weighted by atomic mass is 9.93. The molecular weight excluding hydrogens is 1310 g/mol. The number of amides is 4. The number of carbonyl (C=O) groups excluding carboxylic acids is 4. The van der Waals surface area contributed by atoms with E-state index in [1.54, 1.807) is 0 Å². The van der Waals surface area contributed by atoms with Gasteiger partial charge in [-0.2, -0.15) is 8.42 Å². The first-order chi connectivity index (χ1) is 44.2. The van der Waals surface area contributed by atoms with Gasteiger partial charge in [0.15, 0.2) is 44.0 Å². The van der Waals surface area contributed by atoms with Crippen molar-refractivity contribution < 1.29 is 190 Å². The van der Waals surface area contributed by atoms with Crippen LogP contribution in [-0.2, 0) is 95.3 Å². The fourth-order valence-corrected chi connectivity index (χ4v) is 12.0. The number of hydrogen-bond donors (Lipinski definition) is 23. The van der Waals surface area contributed by atoms with Gasteiger partial charge in [-0.3, -0.25) is 23.7 Å². The summed E-state index contributed by atoms with van der Waals surface area (Å²) in [5.74, 6) is -3.46. The molecule has 1 unspecified atom stereocenters. The minimum absolute atomic E-state index is 0.835. The van der Waals surface area contributed by atoms with E-state index in [1.165, 1.54) is 0 Å². The molecule has 0 aromatic heterocycles. The van der Waals surface area contributed by atoms with E-state index in [9.17, 15) is 120 Å². The van der Waals surface area contributed by atoms with Crippen molar-refractivity contribution in [3.63, 3.8) is 0 Å². The van der Waals surface area contributed by atoms with E-state index >= 15 is 0 Å². The smallest absolute Gasteiger partial charge is 0.394 e. The average Bonchev–Trinajstić information content (AvgIpc) is 0.781. The van der Waals surface area contributed by atoms with Gasteiger partial charge >= 0.3 is 10.4 Å². The van der Waals surface area contributed by atoms with Crippen LogP contribution in [0.5, 0.6) is 0 Å². The second-order valence-corrected chi connectivity index (χ2v) is 24.2. The van der Waals surface area contributed by atoms with Crippen molar-refractivity contribution in [2.24, 2.45) is 0 Å². The monoisotopic (exact) mass is 1400 g/mol. The van der Waals surface area contributed by atoms with Crippen LogP contribution in [0, 0.1) is 0 Å². The SMILES string of the molecule is CC(=O)N[C@H]1[C@H](O[C@H]2[C@@H](O)[C@@H](CO)O[C@@H](O[C@H]3[C@H](O)[C@@H](NC(C)=O)[C@H](OC[C@H]4OC(O)[C@H](NC(C)=O)[C@@H](O[C@@H]5O[C@H](CO)[C@@H](O[C@@H]6O[C@H](CO)[C@H](O)[C@H](O)[C@H]6O)[C@H](O)[C@H]5NC(C)=O)[C@H]4O)O[C@@H]3CO)[C@@H]2O)O[C@H](CO)[C@@H](O[C@@H]2O[C@H](COS(=O)(=O)O)[C@H](O)[C@H](O)[C@H]2O)[C@@H]1O. The van der Waals surface area contributed by atoms with Gasteiger partial charge in [0, 0.05) is 27.7 Å². The lowest BCUT2D eigenvalue weighted by molar-refractivity contribution is -0.378. The Kier molecular flexibility index (Phi) is 27.8. The van der Waals surface area contributed by atoms with E-state index in [-0.39, 0.29) is 0 Å². The molecule has 4 amide bonds. The van der Waals surface area contributed by atoms with E-state index in [4.69, 9.17) is 66.1 Å². The molecule has 7 aliphatic heterocycles. The Bertz CT molecular complexity index is 2580. The molecule has 0 saturated carbocycles. The zero-order chi connectivity index (χ0) is 69.7. The van der Waals surface area contributed by atoms with E-state index in [0.717, 1.165) is 27.7 Å². The third-order valence-corrected chi connectivity index (χ3v) is 16.8. The molecule has 7 fully saturated rings. The van der Waals surface area contributed by atoms with Crippen molar-refractivity contribution in [3.05, 3.63) is 0 Å². The molecule has 0 aromatic rings. The summed E-state index contributed by atoms with van der Waals surface area (Å²) in [4.78, 5) is 50.5. The first-order valence-corrected chi connectivity index (χ1v) is 30.6. The summed E-state index contributed by atoms with van der Waals surface area (Å²) >= 11 is 0. The van der Waals surface area contributed by atoms with Crippen LogP contribution in [0.1, 0.15) is 27.7 Å². The number of rotatable bonds is 25. The quantitative estimate of drug-likeness (QED) is 0.0377. The van der Waals surface area contributed by atoms with Gasteiger partial charge in [0.1, 0.15) is 171 Å². The molecule has 0 bridgehead atoms. The van der Waals surface area contributed by atoms with Gasteiger partial charge in [0.2, 0.25) is 23.6 Å². The molecule has 7 aliphatic rings. The van der Waals surface area contributed by atoms with Crippen molar-refractivity contribution in [3.8, 4) is 0 Å². The molecule has 7 heterocycles. The van der Waals surface area contributed by atoms with Gasteiger partial charge < -0.3 is 175 Å². The summed E-state index contributed by atoms with van der Waals surface area (Å²) in [7, 11) is -5.14. The van der Waals surface area contributed by atoms with Crippen LogP contribution in [0.3, 0.4) is 0 Å². The summed E-state index contributed by atoms with van der Waals surface area (Å²) in [6.45, 7) is -3.30. The minimum atomic E-state index is -5.14. The van der Waals surface area contributed by atoms with Crippen LogP contribution < -0.4 is 21.3 Å². The molecule has 23 N–H and O–H groups in total. The zero-order valence-corrected chi connectivity index (χ0v) is 51.0. The Hall–Kier alpha value is -3.49. The predicted octanol–water partition coefficient (Wildman–Crippen LogP) is -15.9. The number of carbonyl (C=O) groups is 4. The van der Waals surface area contributed by atoms with Gasteiger partial charge in [-0.25, -0.2) is 4.18 Å². The lowest BCUT2D eigenvalue weighted by Crippen LogP contribution is -2.71. The van der Waals surface area contributed by atoms with Crippen LogP contribution in [0.2, 0.25) is 0 Å². The molecular formula is C50H84N4O39S. The fourth-order valence-electron chi connectivity index (χ4n) is 11.7. The van der Waals surface area contributed by atoms with Crippen LogP contribution in [0.15, 0.2) is 0 Å². The van der Waals surface area contributed by atoms with Crippen molar-refractivity contribution in [2.45, 2.75) is 242 Å². The van der Waals surface area contributed by atoms with Crippen LogP contribution >= 0.6 is 0 Å². The topological polar surface area (TPSA) is 664 Å². The molecule has 44 heteroatoms. The Morgan fingerprint density at radius 3 is 1.04 bits per heavy atom. The predicted molar refractivity (Wildman–Crippen MR) is 289 cm³/mol. The summed E-state index contributed by atoms with van der Waals surface area (Å²) in [6.07, 6.45) is -60.9. The van der Waals surface area contributed by atoms with Gasteiger partial charge in [-0.1, -0.05) is 0 Å². The van der Waals surface area contributed by atoms with Crippen molar-refractivity contribution in [1.29, 1.82) is 0 Å². The lowest BCUT2D eigenvalue weighted by Gasteiger charge is -2.50. The highest BCUT2D eigenvalue weighted by Gasteiger charge is 2.59. The van der Waals surface area contributed by atoms with Crippen LogP contribution in [0.25, 0.3) is 0 Å². The first-order valence-electron chi connectivity index (χ1n) is 29.3. The average molecular weight is 1400 g/mol. The highest BCUT2D eigenvalue weighted by molar-refractivity contribution is 7.80. The van der Waals surface area contributed by atoms with E-state index < -0.39 is 295 Å². The molecule has 0 spiro atoms. The second kappa shape index (κ2) is 33.6. The molecule has 7 rings (SSSR count). The Labute approximate surface area is 532 Å². The number of ether oxygens (including phenoxy) is 13. The Balaban J connectivity index is 1.07. The summed E-state index contributed by atoms with van der Waals surface area (Å²) < 4.78 is 111. The van der Waals surface area contributed by atoms with E-state index in [1.807, 2.05) is 0 Å². The maximum Gasteiger partial charge on any atom is 0.397 e. The van der Waals surface area contributed by atoms with Gasteiger partial charge in [0.25, 0.3) is 0 Å². The maximum atomic E-state index is 12.8. The minimum Gasteiger partial charge on any atom is -0.394 e. The molecule has 7 saturated heterocycles. The molecule has 0 aliphatic carbocycles. The van der Waals surface area contributed by atoms with Gasteiger partial charge in [0.05, 0.1) is 46.2 Å². The summed E-state index contributed by atoms with van der Waals surface area (Å²) in [5, 5.41) is 206. The third kappa shape index (κ3) is 18.1. The molecule has 43 nitrogen and oxygen atoms in total. The molecule has 0 radical (unpaired) electrons. The van der Waals surface area contributed by atoms with E-state index in [0.29, 0.717) is 0 Å². The second-order valence-electron chi connectivity index (χ2n) is 23.1. The molecule has 544 valence electrons. The fraction of sp³-hybridized carbons (Fsp3) is 0.920. The standard InChI is InChI=1S/C50H84N4O39S/c1-12(60)51-23-31(68)39(91-50-38(75)43(29(66)17(6-56)84-50)93-47-25(53-14(3)62)33(70)41(20(9-59)87-47)90-49-37(74)35(72)28(65)22(88-49)11-81-94(77,78)79)18(7-57)85-45(23)80-10-21-30(67)42(26(44(76)82-21)54-15(4)63)92-46-24(52-13(2)61)32(69)40(19(8-58)86-46)89-48-36(73)34(71)27(64)16(5-55)83-48/h16-50,55-59,64-76H,5-11H2,1-4H3,(H,51,60)(H,52,61)(H,53,62)(H,54,63)(H,77,78,79)/t16-,17-,18-,19-,20-,21-,22-,23-,24-,25-,26-,27+,28+,29+,30+,31-,32-,33-,34+,35+,36-,37-,38-,39-,40-,41-,42-,43+,44?,45-,46+,47+,48+,49+,50+/m1/s1. The summed E-state index contributed by atoms with van der Waals surface area (Å²) in [6, 6.07) is -7.13. The highest BCUT2D eigenvalue weighted by Crippen LogP contribution is 2.37. The van der Waals surface area contributed by atoms with E-state index in [2.05, 4.69) is 25.5 Å². The molecule has 94 heavy (non-hydrogen) atoms. The molecule has 0 aromatic carbocycles. The van der Waals surface area contributed by atoms with Crippen LogP contribution in [0.4, 0.5) is 0 Å². The van der Waals surface area contributed by atoms with Gasteiger partial charge in [-0.05, 0) is 0 Å². The Morgan fingerprint density at radius 2 is 0.638 bits per heavy atom. The maximum absolute atomic E-state index is 12.8. The number of aliphatic hydroxyl groups is 18. The number of hydrogen-bond acceptors (Lipinski definition) is 38. The normalized spacial score (nSPS) is 46.3. The molecule has 35 atom stereocenters. The third-order valence-electron chi connectivity index (χ3n) is 16.3. The van der Waals surface area contributed by atoms with Crippen molar-refractivity contribution in [1.82, 2.24) is 21.3 Å². The number of nitrogens with one attached hydrogen (secondary N) is 4. The zero-order valence-electron chi connectivity index (χ0n) is 50.2. The largest absolute Gasteiger partial charge is 0.397 e. The summed E-state index contributed by atoms with van der Waals surface area (Å²) in [5.41, 5.74) is 0. The van der Waals surface area contributed by atoms with Gasteiger partial charge in [-0.15, -0.1) is 0 Å². The van der Waals surface area contributed by atoms with Crippen LogP contribution in [-0.4, -0.2) is 389 Å². The Morgan fingerprint density at radius 1 is 0.330 bits per heavy atom. The highest BCUT2D eigenvalue weighted by atomic mass is 32.3. The number of aliphatic hydroxyl groups excluding tert-OH is 18.